The Balaban J connectivity index is 3.30. The van der Waals surface area contributed by atoms with E-state index in [2.05, 4.69) is 10.2 Å². The molecule has 0 atom stereocenters. The molecular formula is C11H20ClN3O2S. The summed E-state index contributed by atoms with van der Waals surface area (Å²) in [5.74, 6) is 0.0803. The number of hydrogen-bond donors (Lipinski definition) is 1. The molecular weight excluding hydrogens is 274 g/mol. The summed E-state index contributed by atoms with van der Waals surface area (Å²) in [5, 5.41) is 6.63. The topological polar surface area (TPSA) is 66.1 Å². The number of nitrogens with zero attached hydrogens (tertiary/aromatic N) is 2. The molecule has 0 aliphatic rings. The van der Waals surface area contributed by atoms with E-state index >= 15 is 0 Å². The van der Waals surface area contributed by atoms with E-state index in [-0.39, 0.29) is 16.8 Å². The summed E-state index contributed by atoms with van der Waals surface area (Å²) < 4.78 is 26.8. The third-order valence-corrected chi connectivity index (χ3v) is 5.21. The summed E-state index contributed by atoms with van der Waals surface area (Å²) in [6.45, 7) is 7.87. The van der Waals surface area contributed by atoms with Gasteiger partial charge in [0.25, 0.3) is 0 Å². The van der Waals surface area contributed by atoms with Crippen LogP contribution in [0.2, 0.25) is 0 Å². The van der Waals surface area contributed by atoms with Gasteiger partial charge in [-0.3, -0.25) is 5.10 Å². The average molecular weight is 294 g/mol. The van der Waals surface area contributed by atoms with Crippen LogP contribution in [0.15, 0.2) is 4.90 Å². The Morgan fingerprint density at radius 2 is 2.06 bits per heavy atom. The maximum atomic E-state index is 12.6. The van der Waals surface area contributed by atoms with Gasteiger partial charge in [-0.05, 0) is 27.2 Å². The number of rotatable bonds is 6. The van der Waals surface area contributed by atoms with Gasteiger partial charge in [0.15, 0.2) is 0 Å². The molecule has 1 heterocycles. The van der Waals surface area contributed by atoms with Gasteiger partial charge in [-0.15, -0.1) is 11.6 Å². The molecule has 0 saturated carbocycles. The summed E-state index contributed by atoms with van der Waals surface area (Å²) in [6, 6.07) is -0.0903. The highest BCUT2D eigenvalue weighted by molar-refractivity contribution is 7.89. The van der Waals surface area contributed by atoms with Crippen molar-refractivity contribution in [1.82, 2.24) is 14.5 Å². The molecule has 0 aromatic carbocycles. The number of halogens is 1. The lowest BCUT2D eigenvalue weighted by Crippen LogP contribution is -2.38. The lowest BCUT2D eigenvalue weighted by molar-refractivity contribution is 0.353. The van der Waals surface area contributed by atoms with Gasteiger partial charge in [-0.1, -0.05) is 6.92 Å². The molecule has 1 aromatic heterocycles. The van der Waals surface area contributed by atoms with Crippen molar-refractivity contribution < 1.29 is 8.42 Å². The summed E-state index contributed by atoms with van der Waals surface area (Å²) in [7, 11) is -3.54. The molecule has 0 bridgehead atoms. The zero-order chi connectivity index (χ0) is 13.9. The second-order valence-electron chi connectivity index (χ2n) is 4.47. The number of nitrogens with one attached hydrogen (secondary N) is 1. The van der Waals surface area contributed by atoms with Gasteiger partial charge < -0.3 is 0 Å². The van der Waals surface area contributed by atoms with E-state index in [1.165, 1.54) is 4.31 Å². The summed E-state index contributed by atoms with van der Waals surface area (Å²) >= 11 is 5.75. The minimum atomic E-state index is -3.54. The molecule has 7 heteroatoms. The van der Waals surface area contributed by atoms with Gasteiger partial charge in [-0.2, -0.15) is 9.40 Å². The maximum absolute atomic E-state index is 12.6. The van der Waals surface area contributed by atoms with Crippen molar-refractivity contribution in [2.24, 2.45) is 0 Å². The first-order valence-corrected chi connectivity index (χ1v) is 7.95. The van der Waals surface area contributed by atoms with Crippen LogP contribution in [0, 0.1) is 6.92 Å². The van der Waals surface area contributed by atoms with Crippen molar-refractivity contribution in [3.05, 3.63) is 11.4 Å². The van der Waals surface area contributed by atoms with Crippen molar-refractivity contribution in [1.29, 1.82) is 0 Å². The van der Waals surface area contributed by atoms with Crippen molar-refractivity contribution in [3.8, 4) is 0 Å². The molecule has 18 heavy (non-hydrogen) atoms. The van der Waals surface area contributed by atoms with E-state index in [1.54, 1.807) is 6.92 Å². The van der Waals surface area contributed by atoms with Crippen LogP contribution in [0.25, 0.3) is 0 Å². The molecule has 1 rings (SSSR count). The quantitative estimate of drug-likeness (QED) is 0.818. The Morgan fingerprint density at radius 3 is 2.50 bits per heavy atom. The maximum Gasteiger partial charge on any atom is 0.247 e. The predicted molar refractivity (Wildman–Crippen MR) is 72.2 cm³/mol. The average Bonchev–Trinajstić information content (AvgIpc) is 2.67. The Hall–Kier alpha value is -0.590. The molecule has 0 spiro atoms. The number of H-pyrrole nitrogens is 1. The first kappa shape index (κ1) is 15.5. The second-order valence-corrected chi connectivity index (χ2v) is 6.56. The Kier molecular flexibility index (Phi) is 5.19. The highest BCUT2D eigenvalue weighted by Crippen LogP contribution is 2.25. The Morgan fingerprint density at radius 1 is 1.44 bits per heavy atom. The minimum absolute atomic E-state index is 0.0803. The van der Waals surface area contributed by atoms with E-state index in [9.17, 15) is 8.42 Å². The lowest BCUT2D eigenvalue weighted by atomic mass is 10.4. The molecule has 104 valence electrons. The zero-order valence-corrected chi connectivity index (χ0v) is 12.8. The van der Waals surface area contributed by atoms with Gasteiger partial charge in [0.2, 0.25) is 10.0 Å². The fourth-order valence-corrected chi connectivity index (χ4v) is 4.23. The molecule has 0 aliphatic heterocycles. The number of aromatic amines is 1. The van der Waals surface area contributed by atoms with Crippen molar-refractivity contribution >= 4 is 21.6 Å². The zero-order valence-electron chi connectivity index (χ0n) is 11.2. The third-order valence-electron chi connectivity index (χ3n) is 2.67. The molecule has 5 nitrogen and oxygen atoms in total. The molecule has 0 saturated heterocycles. The standard InChI is InChI=1S/C11H20ClN3O2S/c1-5-6-15(8(2)3)18(16,17)11-9(4)13-14-10(11)7-12/h8H,5-7H2,1-4H3,(H,13,14). The molecule has 0 unspecified atom stereocenters. The van der Waals surface area contributed by atoms with Gasteiger partial charge in [-0.25, -0.2) is 8.42 Å². The van der Waals surface area contributed by atoms with Gasteiger partial charge >= 0.3 is 0 Å². The molecule has 0 aliphatic carbocycles. The smallest absolute Gasteiger partial charge is 0.247 e. The largest absolute Gasteiger partial charge is 0.281 e. The Bertz CT molecular complexity index is 496. The normalized spacial score (nSPS) is 12.6. The third kappa shape index (κ3) is 2.87. The van der Waals surface area contributed by atoms with Gasteiger partial charge in [0.05, 0.1) is 17.3 Å². The van der Waals surface area contributed by atoms with Crippen LogP contribution < -0.4 is 0 Å². The molecule has 1 aromatic rings. The van der Waals surface area contributed by atoms with E-state index in [0.717, 1.165) is 6.42 Å². The first-order chi connectivity index (χ1) is 8.36. The number of aromatic nitrogens is 2. The highest BCUT2D eigenvalue weighted by Gasteiger charge is 2.31. The molecule has 0 fully saturated rings. The monoisotopic (exact) mass is 293 g/mol. The van der Waals surface area contributed by atoms with E-state index in [0.29, 0.717) is 17.9 Å². The summed E-state index contributed by atoms with van der Waals surface area (Å²) in [4.78, 5) is 0.222. The van der Waals surface area contributed by atoms with E-state index in [1.807, 2.05) is 20.8 Å². The predicted octanol–water partition coefficient (Wildman–Crippen LogP) is 2.27. The SMILES string of the molecule is CCCN(C(C)C)S(=O)(=O)c1c(CCl)n[nH]c1C. The van der Waals surface area contributed by atoms with Crippen LogP contribution in [0.5, 0.6) is 0 Å². The highest BCUT2D eigenvalue weighted by atomic mass is 35.5. The lowest BCUT2D eigenvalue weighted by Gasteiger charge is -2.25. The molecule has 0 amide bonds. The number of sulfonamides is 1. The fourth-order valence-electron chi connectivity index (χ4n) is 1.90. The number of alkyl halides is 1. The van der Waals surface area contributed by atoms with Gasteiger partial charge in [0, 0.05) is 12.6 Å². The van der Waals surface area contributed by atoms with Crippen LogP contribution in [0.1, 0.15) is 38.6 Å². The van der Waals surface area contributed by atoms with Crippen LogP contribution in [-0.4, -0.2) is 35.5 Å². The number of hydrogen-bond acceptors (Lipinski definition) is 3. The van der Waals surface area contributed by atoms with Crippen LogP contribution in [0.4, 0.5) is 0 Å². The minimum Gasteiger partial charge on any atom is -0.281 e. The fraction of sp³-hybridized carbons (Fsp3) is 0.727. The van der Waals surface area contributed by atoms with Crippen LogP contribution in [-0.2, 0) is 15.9 Å². The molecule has 0 radical (unpaired) electrons. The first-order valence-electron chi connectivity index (χ1n) is 5.97. The van der Waals surface area contributed by atoms with Crippen LogP contribution in [0.3, 0.4) is 0 Å². The van der Waals surface area contributed by atoms with Crippen LogP contribution >= 0.6 is 11.6 Å². The van der Waals surface area contributed by atoms with Crippen molar-refractivity contribution in [3.63, 3.8) is 0 Å². The number of aryl methyl sites for hydroxylation is 1. The summed E-state index contributed by atoms with van der Waals surface area (Å²) in [5.41, 5.74) is 0.920. The van der Waals surface area contributed by atoms with E-state index < -0.39 is 10.0 Å². The van der Waals surface area contributed by atoms with Gasteiger partial charge in [0.1, 0.15) is 4.90 Å². The molecule has 1 N–H and O–H groups in total. The van der Waals surface area contributed by atoms with Crippen molar-refractivity contribution in [2.75, 3.05) is 6.54 Å². The van der Waals surface area contributed by atoms with E-state index in [4.69, 9.17) is 11.6 Å². The summed E-state index contributed by atoms with van der Waals surface area (Å²) in [6.07, 6.45) is 0.768. The Labute approximate surface area is 114 Å². The van der Waals surface area contributed by atoms with Crippen molar-refractivity contribution in [2.45, 2.75) is 50.9 Å². The second kappa shape index (κ2) is 6.04.